The molecule has 1 aliphatic heterocycles. The summed E-state index contributed by atoms with van der Waals surface area (Å²) in [6.07, 6.45) is 2.14. The first-order valence-electron chi connectivity index (χ1n) is 8.93. The Hall–Kier alpha value is -2.32. The van der Waals surface area contributed by atoms with Crippen molar-refractivity contribution >= 4 is 11.9 Å². The summed E-state index contributed by atoms with van der Waals surface area (Å²) in [5.74, 6) is 0.665. The summed E-state index contributed by atoms with van der Waals surface area (Å²) in [4.78, 5) is 15.1. The zero-order chi connectivity index (χ0) is 18.1. The second-order valence-corrected chi connectivity index (χ2v) is 6.77. The molecule has 26 heavy (non-hydrogen) atoms. The Balaban J connectivity index is 1.61. The molecule has 8 heteroatoms. The van der Waals surface area contributed by atoms with Gasteiger partial charge in [-0.25, -0.2) is 4.39 Å². The molecule has 2 fully saturated rings. The van der Waals surface area contributed by atoms with Crippen molar-refractivity contribution < 1.29 is 13.9 Å². The van der Waals surface area contributed by atoms with Gasteiger partial charge in [0, 0.05) is 19.1 Å². The van der Waals surface area contributed by atoms with E-state index in [-0.39, 0.29) is 11.7 Å². The average Bonchev–Trinajstić information content (AvgIpc) is 3.40. The highest BCUT2D eigenvalue weighted by molar-refractivity contribution is 5.94. The second-order valence-electron chi connectivity index (χ2n) is 6.77. The first-order chi connectivity index (χ1) is 12.6. The van der Waals surface area contributed by atoms with Crippen molar-refractivity contribution in [2.75, 3.05) is 31.6 Å². The molecule has 2 aromatic rings. The fourth-order valence-electron chi connectivity index (χ4n) is 3.44. The fraction of sp³-hybridized carbons (Fsp3) is 0.500. The number of benzene rings is 1. The summed E-state index contributed by atoms with van der Waals surface area (Å²) < 4.78 is 21.1. The molecule has 1 N–H and O–H groups in total. The zero-order valence-electron chi connectivity index (χ0n) is 14.7. The minimum absolute atomic E-state index is 0.230. The summed E-state index contributed by atoms with van der Waals surface area (Å²) >= 11 is 0. The molecule has 138 valence electrons. The molecule has 0 radical (unpaired) electrons. The van der Waals surface area contributed by atoms with E-state index in [4.69, 9.17) is 4.74 Å². The van der Waals surface area contributed by atoms with Crippen LogP contribution in [-0.2, 0) is 9.53 Å². The van der Waals surface area contributed by atoms with Gasteiger partial charge in [-0.05, 0) is 37.5 Å². The van der Waals surface area contributed by atoms with Crippen LogP contribution in [0.15, 0.2) is 24.3 Å². The van der Waals surface area contributed by atoms with Gasteiger partial charge in [0.25, 0.3) is 0 Å². The normalized spacial score (nSPS) is 19.3. The highest BCUT2D eigenvalue weighted by Gasteiger charge is 2.33. The van der Waals surface area contributed by atoms with E-state index in [1.54, 1.807) is 12.1 Å². The zero-order valence-corrected chi connectivity index (χ0v) is 14.7. The molecule has 1 aromatic heterocycles. The van der Waals surface area contributed by atoms with Gasteiger partial charge in [-0.1, -0.05) is 12.1 Å². The van der Waals surface area contributed by atoms with Crippen LogP contribution in [0.2, 0.25) is 0 Å². The number of carbonyl (C=O) groups is 1. The minimum atomic E-state index is -0.598. The molecule has 1 unspecified atom stereocenters. The summed E-state index contributed by atoms with van der Waals surface area (Å²) in [7, 11) is 0. The topological polar surface area (TPSA) is 72.3 Å². The molecule has 1 aliphatic carbocycles. The lowest BCUT2D eigenvalue weighted by Crippen LogP contribution is -2.44. The molecule has 1 atom stereocenters. The molecule has 2 aliphatic rings. The lowest BCUT2D eigenvalue weighted by Gasteiger charge is -2.33. The molecule has 0 spiro atoms. The number of aryl methyl sites for hydroxylation is 1. The average molecular weight is 359 g/mol. The van der Waals surface area contributed by atoms with Crippen LogP contribution in [0, 0.1) is 12.7 Å². The van der Waals surface area contributed by atoms with Gasteiger partial charge in [0.2, 0.25) is 11.9 Å². The largest absolute Gasteiger partial charge is 0.379 e. The first-order valence-corrected chi connectivity index (χ1v) is 8.93. The summed E-state index contributed by atoms with van der Waals surface area (Å²) in [5, 5.41) is 11.1. The predicted molar refractivity (Wildman–Crippen MR) is 93.2 cm³/mol. The molecule has 0 bridgehead atoms. The van der Waals surface area contributed by atoms with Crippen molar-refractivity contribution in [2.45, 2.75) is 31.8 Å². The van der Waals surface area contributed by atoms with Crippen LogP contribution in [0.1, 0.15) is 36.3 Å². The molecule has 1 saturated heterocycles. The number of amides is 1. The molecule has 2 heterocycles. The van der Waals surface area contributed by atoms with Crippen LogP contribution in [-0.4, -0.2) is 51.9 Å². The molecular weight excluding hydrogens is 337 g/mol. The standard InChI is InChI=1S/C18H22FN5O2/c1-12-21-22-18(24(12)15-5-6-15)20-17(25)16(23-7-9-26-10-8-23)13-3-2-4-14(19)11-13/h2-4,11,15-16H,5-10H2,1H3,(H,20,22,25). The van der Waals surface area contributed by atoms with Crippen LogP contribution in [0.3, 0.4) is 0 Å². The molecule has 1 amide bonds. The maximum absolute atomic E-state index is 13.8. The number of ether oxygens (including phenoxy) is 1. The lowest BCUT2D eigenvalue weighted by molar-refractivity contribution is -0.123. The van der Waals surface area contributed by atoms with E-state index in [0.717, 1.165) is 18.7 Å². The monoisotopic (exact) mass is 359 g/mol. The molecule has 1 saturated carbocycles. The Morgan fingerprint density at radius 2 is 2.08 bits per heavy atom. The summed E-state index contributed by atoms with van der Waals surface area (Å²) in [6, 6.07) is 5.96. The summed E-state index contributed by atoms with van der Waals surface area (Å²) in [5.41, 5.74) is 0.624. The van der Waals surface area contributed by atoms with Gasteiger partial charge in [0.1, 0.15) is 17.7 Å². The van der Waals surface area contributed by atoms with E-state index >= 15 is 0 Å². The number of rotatable bonds is 5. The molecule has 7 nitrogen and oxygen atoms in total. The van der Waals surface area contributed by atoms with Gasteiger partial charge in [0.15, 0.2) is 0 Å². The predicted octanol–water partition coefficient (Wildman–Crippen LogP) is 2.07. The highest BCUT2D eigenvalue weighted by atomic mass is 19.1. The first kappa shape index (κ1) is 17.1. The number of hydrogen-bond acceptors (Lipinski definition) is 5. The van der Waals surface area contributed by atoms with Crippen LogP contribution >= 0.6 is 0 Å². The Morgan fingerprint density at radius 3 is 2.77 bits per heavy atom. The van der Waals surface area contributed by atoms with Crippen LogP contribution < -0.4 is 5.32 Å². The van der Waals surface area contributed by atoms with Gasteiger partial charge in [-0.2, -0.15) is 0 Å². The van der Waals surface area contributed by atoms with Gasteiger partial charge < -0.3 is 4.74 Å². The Kier molecular flexibility index (Phi) is 4.69. The van der Waals surface area contributed by atoms with E-state index in [9.17, 15) is 9.18 Å². The third kappa shape index (κ3) is 3.47. The minimum Gasteiger partial charge on any atom is -0.379 e. The van der Waals surface area contributed by atoms with E-state index in [1.165, 1.54) is 12.1 Å². The number of carbonyl (C=O) groups excluding carboxylic acids is 1. The number of halogens is 1. The second kappa shape index (κ2) is 7.13. The van der Waals surface area contributed by atoms with Gasteiger partial charge in [-0.15, -0.1) is 10.2 Å². The number of nitrogens with one attached hydrogen (secondary N) is 1. The number of hydrogen-bond donors (Lipinski definition) is 1. The smallest absolute Gasteiger partial charge is 0.248 e. The number of nitrogens with zero attached hydrogens (tertiary/aromatic N) is 4. The Labute approximate surface area is 151 Å². The van der Waals surface area contributed by atoms with E-state index in [0.29, 0.717) is 43.9 Å². The van der Waals surface area contributed by atoms with Gasteiger partial charge in [0.05, 0.1) is 13.2 Å². The van der Waals surface area contributed by atoms with Gasteiger partial charge >= 0.3 is 0 Å². The van der Waals surface area contributed by atoms with E-state index in [2.05, 4.69) is 15.5 Å². The quantitative estimate of drug-likeness (QED) is 0.885. The van der Waals surface area contributed by atoms with Crippen molar-refractivity contribution in [2.24, 2.45) is 0 Å². The third-order valence-electron chi connectivity index (χ3n) is 4.84. The number of anilines is 1. The highest BCUT2D eigenvalue weighted by Crippen LogP contribution is 2.38. The van der Waals surface area contributed by atoms with Crippen molar-refractivity contribution in [3.8, 4) is 0 Å². The van der Waals surface area contributed by atoms with Crippen molar-refractivity contribution in [3.63, 3.8) is 0 Å². The van der Waals surface area contributed by atoms with Crippen molar-refractivity contribution in [3.05, 3.63) is 41.5 Å². The van der Waals surface area contributed by atoms with E-state index < -0.39 is 6.04 Å². The van der Waals surface area contributed by atoms with Crippen LogP contribution in [0.4, 0.5) is 10.3 Å². The Bertz CT molecular complexity index is 799. The van der Waals surface area contributed by atoms with Crippen molar-refractivity contribution in [1.82, 2.24) is 19.7 Å². The maximum Gasteiger partial charge on any atom is 0.248 e. The van der Waals surface area contributed by atoms with Crippen molar-refractivity contribution in [1.29, 1.82) is 0 Å². The molecule has 4 rings (SSSR count). The number of aromatic nitrogens is 3. The summed E-state index contributed by atoms with van der Waals surface area (Å²) in [6.45, 7) is 4.21. The van der Waals surface area contributed by atoms with Crippen LogP contribution in [0.5, 0.6) is 0 Å². The molecule has 1 aromatic carbocycles. The maximum atomic E-state index is 13.8. The Morgan fingerprint density at radius 1 is 1.31 bits per heavy atom. The lowest BCUT2D eigenvalue weighted by atomic mass is 10.0. The van der Waals surface area contributed by atoms with E-state index in [1.807, 2.05) is 16.4 Å². The van der Waals surface area contributed by atoms with Crippen LogP contribution in [0.25, 0.3) is 0 Å². The molecular formula is C18H22FN5O2. The SMILES string of the molecule is Cc1nnc(NC(=O)C(c2cccc(F)c2)N2CCOCC2)n1C1CC1. The number of morpholine rings is 1. The third-order valence-corrected chi connectivity index (χ3v) is 4.84. The fourth-order valence-corrected chi connectivity index (χ4v) is 3.44. The van der Waals surface area contributed by atoms with Gasteiger partial charge in [-0.3, -0.25) is 19.6 Å².